The van der Waals surface area contributed by atoms with E-state index in [2.05, 4.69) is 17.2 Å². The smallest absolute Gasteiger partial charge is 0.140 e. The van der Waals surface area contributed by atoms with Crippen molar-refractivity contribution < 1.29 is 5.11 Å². The van der Waals surface area contributed by atoms with Gasteiger partial charge in [-0.2, -0.15) is 0 Å². The van der Waals surface area contributed by atoms with Gasteiger partial charge in [0.25, 0.3) is 0 Å². The first kappa shape index (κ1) is 12.6. The van der Waals surface area contributed by atoms with Gasteiger partial charge in [0.05, 0.1) is 0 Å². The van der Waals surface area contributed by atoms with Crippen molar-refractivity contribution in [3.63, 3.8) is 0 Å². The van der Waals surface area contributed by atoms with Crippen molar-refractivity contribution in [3.05, 3.63) is 18.2 Å². The summed E-state index contributed by atoms with van der Waals surface area (Å²) >= 11 is 0. The van der Waals surface area contributed by atoms with Crippen LogP contribution in [-0.4, -0.2) is 27.2 Å². The predicted molar refractivity (Wildman–Crippen MR) is 67.7 cm³/mol. The number of aryl methyl sites for hydroxylation is 1. The van der Waals surface area contributed by atoms with Gasteiger partial charge >= 0.3 is 0 Å². The molecule has 17 heavy (non-hydrogen) atoms. The van der Waals surface area contributed by atoms with Crippen molar-refractivity contribution in [2.45, 2.75) is 50.7 Å². The first-order valence-electron chi connectivity index (χ1n) is 6.59. The summed E-state index contributed by atoms with van der Waals surface area (Å²) in [6, 6.07) is 0.565. The lowest BCUT2D eigenvalue weighted by Crippen LogP contribution is -2.41. The zero-order chi connectivity index (χ0) is 12.3. The highest BCUT2D eigenvalue weighted by Crippen LogP contribution is 2.35. The summed E-state index contributed by atoms with van der Waals surface area (Å²) in [5, 5.41) is 14.2. The van der Waals surface area contributed by atoms with E-state index in [-0.39, 0.29) is 0 Å². The molecule has 0 atom stereocenters. The standard InChI is InChI=1S/C13H23N3O/c1-3-8-14-11-4-6-13(17,7-5-11)12-15-9-10-16(12)2/h9-11,14,17H,3-8H2,1-2H3. The van der Waals surface area contributed by atoms with E-state index in [0.29, 0.717) is 6.04 Å². The molecule has 4 nitrogen and oxygen atoms in total. The van der Waals surface area contributed by atoms with Gasteiger partial charge < -0.3 is 15.0 Å². The maximum atomic E-state index is 10.6. The Morgan fingerprint density at radius 1 is 1.53 bits per heavy atom. The number of nitrogens with zero attached hydrogens (tertiary/aromatic N) is 2. The Morgan fingerprint density at radius 3 is 2.76 bits per heavy atom. The van der Waals surface area contributed by atoms with Crippen LogP contribution >= 0.6 is 0 Å². The van der Waals surface area contributed by atoms with Gasteiger partial charge in [0, 0.05) is 25.5 Å². The zero-order valence-electron chi connectivity index (χ0n) is 10.8. The number of hydrogen-bond donors (Lipinski definition) is 2. The van der Waals surface area contributed by atoms with Gasteiger partial charge in [-0.1, -0.05) is 6.92 Å². The summed E-state index contributed by atoms with van der Waals surface area (Å²) in [7, 11) is 1.95. The molecule has 0 spiro atoms. The lowest BCUT2D eigenvalue weighted by Gasteiger charge is -2.35. The van der Waals surface area contributed by atoms with Gasteiger partial charge in [0.1, 0.15) is 11.4 Å². The topological polar surface area (TPSA) is 50.1 Å². The molecular formula is C13H23N3O. The van der Waals surface area contributed by atoms with Crippen LogP contribution in [0.15, 0.2) is 12.4 Å². The highest BCUT2D eigenvalue weighted by Gasteiger charge is 2.37. The quantitative estimate of drug-likeness (QED) is 0.835. The number of imidazole rings is 1. The third kappa shape index (κ3) is 2.69. The fourth-order valence-corrected chi connectivity index (χ4v) is 2.69. The maximum Gasteiger partial charge on any atom is 0.140 e. The van der Waals surface area contributed by atoms with E-state index in [0.717, 1.165) is 38.1 Å². The van der Waals surface area contributed by atoms with Crippen molar-refractivity contribution in [1.82, 2.24) is 14.9 Å². The van der Waals surface area contributed by atoms with Crippen molar-refractivity contribution >= 4 is 0 Å². The SMILES string of the molecule is CCCNC1CCC(O)(c2nccn2C)CC1. The van der Waals surface area contributed by atoms with E-state index >= 15 is 0 Å². The van der Waals surface area contributed by atoms with Crippen LogP contribution in [0.25, 0.3) is 0 Å². The average Bonchev–Trinajstić information content (AvgIpc) is 2.76. The molecule has 1 heterocycles. The highest BCUT2D eigenvalue weighted by molar-refractivity contribution is 5.06. The van der Waals surface area contributed by atoms with E-state index < -0.39 is 5.60 Å². The van der Waals surface area contributed by atoms with Gasteiger partial charge in [-0.25, -0.2) is 4.98 Å². The van der Waals surface area contributed by atoms with Crippen LogP contribution in [0.4, 0.5) is 0 Å². The van der Waals surface area contributed by atoms with Gasteiger partial charge in [0.15, 0.2) is 0 Å². The van der Waals surface area contributed by atoms with Crippen LogP contribution in [0.5, 0.6) is 0 Å². The van der Waals surface area contributed by atoms with E-state index in [1.54, 1.807) is 6.20 Å². The molecule has 2 N–H and O–H groups in total. The van der Waals surface area contributed by atoms with E-state index in [1.165, 1.54) is 6.42 Å². The normalized spacial score (nSPS) is 29.5. The number of aromatic nitrogens is 2. The Bertz CT molecular complexity index is 353. The minimum atomic E-state index is -0.720. The largest absolute Gasteiger partial charge is 0.382 e. The molecule has 1 saturated carbocycles. The second-order valence-electron chi connectivity index (χ2n) is 5.12. The molecule has 0 amide bonds. The minimum Gasteiger partial charge on any atom is -0.382 e. The molecule has 4 heteroatoms. The van der Waals surface area contributed by atoms with Crippen molar-refractivity contribution in [3.8, 4) is 0 Å². The van der Waals surface area contributed by atoms with E-state index in [4.69, 9.17) is 0 Å². The number of rotatable bonds is 4. The maximum absolute atomic E-state index is 10.6. The van der Waals surface area contributed by atoms with E-state index in [1.807, 2.05) is 17.8 Å². The molecule has 0 unspecified atom stereocenters. The van der Waals surface area contributed by atoms with Crippen LogP contribution in [0, 0.1) is 0 Å². The Kier molecular flexibility index (Phi) is 3.84. The molecule has 96 valence electrons. The van der Waals surface area contributed by atoms with Gasteiger partial charge in [-0.05, 0) is 38.6 Å². The summed E-state index contributed by atoms with van der Waals surface area (Å²) in [5.74, 6) is 0.812. The van der Waals surface area contributed by atoms with Crippen LogP contribution < -0.4 is 5.32 Å². The molecule has 1 aliphatic carbocycles. The molecular weight excluding hydrogens is 214 g/mol. The van der Waals surface area contributed by atoms with Crippen LogP contribution in [-0.2, 0) is 12.6 Å². The molecule has 1 aliphatic rings. The molecule has 0 aliphatic heterocycles. The summed E-state index contributed by atoms with van der Waals surface area (Å²) < 4.78 is 1.93. The number of nitrogens with one attached hydrogen (secondary N) is 1. The van der Waals surface area contributed by atoms with Gasteiger partial charge in [-0.15, -0.1) is 0 Å². The lowest BCUT2D eigenvalue weighted by molar-refractivity contribution is -0.0184. The van der Waals surface area contributed by atoms with Gasteiger partial charge in [-0.3, -0.25) is 0 Å². The second kappa shape index (κ2) is 5.19. The molecule has 1 fully saturated rings. The summed E-state index contributed by atoms with van der Waals surface area (Å²) in [6.07, 6.45) is 8.49. The summed E-state index contributed by atoms with van der Waals surface area (Å²) in [6.45, 7) is 3.26. The molecule has 2 rings (SSSR count). The number of aliphatic hydroxyl groups is 1. The first-order valence-corrected chi connectivity index (χ1v) is 6.59. The third-order valence-electron chi connectivity index (χ3n) is 3.73. The summed E-state index contributed by atoms with van der Waals surface area (Å²) in [5.41, 5.74) is -0.720. The van der Waals surface area contributed by atoms with Crippen molar-refractivity contribution in [2.24, 2.45) is 7.05 Å². The fourth-order valence-electron chi connectivity index (χ4n) is 2.69. The fraction of sp³-hybridized carbons (Fsp3) is 0.769. The highest BCUT2D eigenvalue weighted by atomic mass is 16.3. The molecule has 0 aromatic carbocycles. The van der Waals surface area contributed by atoms with Crippen LogP contribution in [0.3, 0.4) is 0 Å². The Hall–Kier alpha value is -0.870. The Morgan fingerprint density at radius 2 is 2.24 bits per heavy atom. The Labute approximate surface area is 103 Å². The zero-order valence-corrected chi connectivity index (χ0v) is 10.8. The predicted octanol–water partition coefficient (Wildman–Crippen LogP) is 1.55. The molecule has 0 bridgehead atoms. The molecule has 1 aromatic rings. The van der Waals surface area contributed by atoms with Crippen LogP contribution in [0.1, 0.15) is 44.9 Å². The van der Waals surface area contributed by atoms with Crippen molar-refractivity contribution in [2.75, 3.05) is 6.54 Å². The molecule has 0 radical (unpaired) electrons. The first-order chi connectivity index (χ1) is 8.15. The van der Waals surface area contributed by atoms with Crippen molar-refractivity contribution in [1.29, 1.82) is 0 Å². The summed E-state index contributed by atoms with van der Waals surface area (Å²) in [4.78, 5) is 4.29. The van der Waals surface area contributed by atoms with E-state index in [9.17, 15) is 5.11 Å². The Balaban J connectivity index is 1.96. The third-order valence-corrected chi connectivity index (χ3v) is 3.73. The monoisotopic (exact) mass is 237 g/mol. The van der Waals surface area contributed by atoms with Gasteiger partial charge in [0.2, 0.25) is 0 Å². The average molecular weight is 237 g/mol. The molecule has 0 saturated heterocycles. The minimum absolute atomic E-state index is 0.565. The number of hydrogen-bond acceptors (Lipinski definition) is 3. The molecule has 1 aromatic heterocycles. The second-order valence-corrected chi connectivity index (χ2v) is 5.12. The van der Waals surface area contributed by atoms with Crippen LogP contribution in [0.2, 0.25) is 0 Å². The lowest BCUT2D eigenvalue weighted by atomic mass is 9.81.